The molecule has 1 aliphatic carbocycles. The van der Waals surface area contributed by atoms with Crippen LogP contribution in [0, 0.1) is 5.92 Å². The minimum atomic E-state index is -4.51. The summed E-state index contributed by atoms with van der Waals surface area (Å²) in [5.74, 6) is -0.842. The summed E-state index contributed by atoms with van der Waals surface area (Å²) in [6, 6.07) is 0. The molecule has 0 radical (unpaired) electrons. The maximum atomic E-state index is 12.8. The lowest BCUT2D eigenvalue weighted by molar-refractivity contribution is -0.142. The third kappa shape index (κ3) is 3.12. The van der Waals surface area contributed by atoms with Crippen molar-refractivity contribution in [2.24, 2.45) is 5.92 Å². The van der Waals surface area contributed by atoms with E-state index in [9.17, 15) is 18.0 Å². The quantitative estimate of drug-likeness (QED) is 0.778. The van der Waals surface area contributed by atoms with E-state index in [0.717, 1.165) is 0 Å². The first-order valence-electron chi connectivity index (χ1n) is 6.38. The highest BCUT2D eigenvalue weighted by Crippen LogP contribution is 2.36. The average molecular weight is 291 g/mol. The summed E-state index contributed by atoms with van der Waals surface area (Å²) < 4.78 is 38.3. The lowest BCUT2D eigenvalue weighted by Crippen LogP contribution is -2.37. The number of fused-ring (bicyclic) bond motifs is 1. The molecule has 2 unspecified atom stereocenters. The smallest absolute Gasteiger partial charge is 0.392 e. The highest BCUT2D eigenvalue weighted by Gasteiger charge is 2.40. The standard InChI is InChI=1S/C12H16F3N3O2/c1-6(19)5-16-11(20)7-2-3-9-8(4-7)10(18-17-9)12(13,14)15/h6-7,19H,2-5H2,1H3,(H,16,20)(H,17,18). The minimum Gasteiger partial charge on any atom is -0.392 e. The number of aromatic nitrogens is 2. The Morgan fingerprint density at radius 1 is 1.60 bits per heavy atom. The Morgan fingerprint density at radius 2 is 2.30 bits per heavy atom. The fraction of sp³-hybridized carbons (Fsp3) is 0.667. The fourth-order valence-corrected chi connectivity index (χ4v) is 2.35. The molecule has 0 saturated carbocycles. The van der Waals surface area contributed by atoms with Gasteiger partial charge in [0, 0.05) is 23.7 Å². The molecule has 20 heavy (non-hydrogen) atoms. The zero-order valence-electron chi connectivity index (χ0n) is 10.9. The van der Waals surface area contributed by atoms with Crippen LogP contribution in [-0.4, -0.2) is 33.9 Å². The summed E-state index contributed by atoms with van der Waals surface area (Å²) in [5.41, 5.74) is -0.390. The van der Waals surface area contributed by atoms with Gasteiger partial charge in [0.05, 0.1) is 6.10 Å². The van der Waals surface area contributed by atoms with E-state index >= 15 is 0 Å². The number of aliphatic hydroxyl groups is 1. The van der Waals surface area contributed by atoms with E-state index < -0.39 is 23.9 Å². The van der Waals surface area contributed by atoms with Gasteiger partial charge in [0.2, 0.25) is 5.91 Å². The molecule has 8 heteroatoms. The Labute approximate surface area is 113 Å². The monoisotopic (exact) mass is 291 g/mol. The lowest BCUT2D eigenvalue weighted by Gasteiger charge is -2.22. The molecule has 1 aliphatic rings. The van der Waals surface area contributed by atoms with E-state index in [0.29, 0.717) is 18.5 Å². The third-order valence-corrected chi connectivity index (χ3v) is 3.36. The average Bonchev–Trinajstić information content (AvgIpc) is 2.78. The zero-order chi connectivity index (χ0) is 14.9. The molecule has 5 nitrogen and oxygen atoms in total. The number of aromatic amines is 1. The van der Waals surface area contributed by atoms with Crippen LogP contribution in [0.3, 0.4) is 0 Å². The van der Waals surface area contributed by atoms with E-state index in [4.69, 9.17) is 5.11 Å². The number of amides is 1. The van der Waals surface area contributed by atoms with Crippen molar-refractivity contribution in [1.29, 1.82) is 0 Å². The lowest BCUT2D eigenvalue weighted by atomic mass is 9.85. The minimum absolute atomic E-state index is 0.0202. The first-order valence-corrected chi connectivity index (χ1v) is 6.38. The van der Waals surface area contributed by atoms with Crippen molar-refractivity contribution in [3.63, 3.8) is 0 Å². The number of nitrogens with zero attached hydrogens (tertiary/aromatic N) is 1. The Bertz CT molecular complexity index is 497. The van der Waals surface area contributed by atoms with Crippen LogP contribution in [0.1, 0.15) is 30.3 Å². The van der Waals surface area contributed by atoms with Gasteiger partial charge in [-0.25, -0.2) is 0 Å². The van der Waals surface area contributed by atoms with Crippen LogP contribution in [0.2, 0.25) is 0 Å². The molecule has 0 aliphatic heterocycles. The Morgan fingerprint density at radius 3 is 2.90 bits per heavy atom. The van der Waals surface area contributed by atoms with Crippen LogP contribution in [-0.2, 0) is 23.8 Å². The molecule has 0 saturated heterocycles. The fourth-order valence-electron chi connectivity index (χ4n) is 2.35. The molecule has 1 amide bonds. The second-order valence-corrected chi connectivity index (χ2v) is 5.06. The van der Waals surface area contributed by atoms with Crippen molar-refractivity contribution in [3.05, 3.63) is 17.0 Å². The molecule has 112 valence electrons. The molecule has 0 spiro atoms. The van der Waals surface area contributed by atoms with Gasteiger partial charge in [0.15, 0.2) is 5.69 Å². The summed E-state index contributed by atoms with van der Waals surface area (Å²) in [5, 5.41) is 17.3. The topological polar surface area (TPSA) is 78.0 Å². The highest BCUT2D eigenvalue weighted by atomic mass is 19.4. The van der Waals surface area contributed by atoms with Gasteiger partial charge in [-0.1, -0.05) is 0 Å². The van der Waals surface area contributed by atoms with Gasteiger partial charge in [-0.05, 0) is 26.2 Å². The second-order valence-electron chi connectivity index (χ2n) is 5.06. The van der Waals surface area contributed by atoms with Crippen molar-refractivity contribution in [3.8, 4) is 0 Å². The number of hydrogen-bond acceptors (Lipinski definition) is 3. The van der Waals surface area contributed by atoms with E-state index in [1.807, 2.05) is 0 Å². The molecule has 2 rings (SSSR count). The van der Waals surface area contributed by atoms with Crippen molar-refractivity contribution in [1.82, 2.24) is 15.5 Å². The summed E-state index contributed by atoms with van der Waals surface area (Å²) in [6.07, 6.45) is -4.34. The van der Waals surface area contributed by atoms with Crippen molar-refractivity contribution >= 4 is 5.91 Å². The molecule has 1 heterocycles. The molecule has 1 aromatic heterocycles. The number of carbonyl (C=O) groups excluding carboxylic acids is 1. The van der Waals surface area contributed by atoms with Crippen molar-refractivity contribution in [2.75, 3.05) is 6.54 Å². The SMILES string of the molecule is CC(O)CNC(=O)C1CCc2[nH]nc(C(F)(F)F)c2C1. The molecule has 0 aromatic carbocycles. The first-order chi connectivity index (χ1) is 9.29. The number of hydrogen-bond donors (Lipinski definition) is 3. The number of rotatable bonds is 3. The van der Waals surface area contributed by atoms with Gasteiger partial charge >= 0.3 is 6.18 Å². The molecule has 3 N–H and O–H groups in total. The molecular formula is C12H16F3N3O2. The summed E-state index contributed by atoms with van der Waals surface area (Å²) in [6.45, 7) is 1.62. The summed E-state index contributed by atoms with van der Waals surface area (Å²) in [4.78, 5) is 11.9. The van der Waals surface area contributed by atoms with Crippen LogP contribution in [0.25, 0.3) is 0 Å². The van der Waals surface area contributed by atoms with Crippen molar-refractivity contribution in [2.45, 2.75) is 38.5 Å². The number of carbonyl (C=O) groups is 1. The van der Waals surface area contributed by atoms with Gasteiger partial charge in [-0.3, -0.25) is 9.89 Å². The number of halogens is 3. The molecule has 0 fully saturated rings. The number of alkyl halides is 3. The number of H-pyrrole nitrogens is 1. The summed E-state index contributed by atoms with van der Waals surface area (Å²) >= 11 is 0. The molecule has 0 bridgehead atoms. The zero-order valence-corrected chi connectivity index (χ0v) is 10.9. The molecule has 2 atom stereocenters. The molecular weight excluding hydrogens is 275 g/mol. The normalized spacial score (nSPS) is 20.4. The predicted molar refractivity (Wildman–Crippen MR) is 63.8 cm³/mol. The van der Waals surface area contributed by atoms with Gasteiger partial charge in [-0.2, -0.15) is 18.3 Å². The molecule has 1 aromatic rings. The summed E-state index contributed by atoms with van der Waals surface area (Å²) in [7, 11) is 0. The van der Waals surface area contributed by atoms with Gasteiger partial charge in [0.1, 0.15) is 0 Å². The maximum absolute atomic E-state index is 12.8. The maximum Gasteiger partial charge on any atom is 0.435 e. The Balaban J connectivity index is 2.10. The van der Waals surface area contributed by atoms with Crippen LogP contribution in [0.15, 0.2) is 0 Å². The van der Waals surface area contributed by atoms with Gasteiger partial charge in [-0.15, -0.1) is 0 Å². The Hall–Kier alpha value is -1.57. The number of aliphatic hydroxyl groups excluding tert-OH is 1. The van der Waals surface area contributed by atoms with E-state index in [2.05, 4.69) is 15.5 Å². The van der Waals surface area contributed by atoms with E-state index in [-0.39, 0.29) is 24.4 Å². The predicted octanol–water partition coefficient (Wildman–Crippen LogP) is 1.03. The van der Waals surface area contributed by atoms with E-state index in [1.165, 1.54) is 6.92 Å². The number of nitrogens with one attached hydrogen (secondary N) is 2. The Kier molecular flexibility index (Phi) is 4.03. The van der Waals surface area contributed by atoms with Gasteiger partial charge in [0.25, 0.3) is 0 Å². The van der Waals surface area contributed by atoms with Crippen LogP contribution < -0.4 is 5.32 Å². The number of aryl methyl sites for hydroxylation is 1. The van der Waals surface area contributed by atoms with Crippen LogP contribution >= 0.6 is 0 Å². The second kappa shape index (κ2) is 5.43. The first kappa shape index (κ1) is 14.8. The highest BCUT2D eigenvalue weighted by molar-refractivity contribution is 5.79. The van der Waals surface area contributed by atoms with Crippen LogP contribution in [0.5, 0.6) is 0 Å². The van der Waals surface area contributed by atoms with E-state index in [1.54, 1.807) is 0 Å². The van der Waals surface area contributed by atoms with Crippen LogP contribution in [0.4, 0.5) is 13.2 Å². The largest absolute Gasteiger partial charge is 0.435 e. The van der Waals surface area contributed by atoms with Gasteiger partial charge < -0.3 is 10.4 Å². The van der Waals surface area contributed by atoms with Crippen molar-refractivity contribution < 1.29 is 23.1 Å². The third-order valence-electron chi connectivity index (χ3n) is 3.36.